The summed E-state index contributed by atoms with van der Waals surface area (Å²) in [6.45, 7) is 3.01. The number of para-hydroxylation sites is 1. The number of rotatable bonds is 11. The molecule has 3 rings (SSSR count). The number of esters is 1. The summed E-state index contributed by atoms with van der Waals surface area (Å²) in [6, 6.07) is 14.9. The van der Waals surface area contributed by atoms with Crippen molar-refractivity contribution in [2.24, 2.45) is 0 Å². The number of carbonyl (C=O) groups is 4. The van der Waals surface area contributed by atoms with Gasteiger partial charge in [-0.25, -0.2) is 9.59 Å². The maximum Gasteiger partial charge on any atom is 0.408 e. The number of fused-ring (bicyclic) bond motifs is 1. The van der Waals surface area contributed by atoms with Gasteiger partial charge in [0.15, 0.2) is 0 Å². The normalized spacial score (nSPS) is 12.3. The molecule has 1 heterocycles. The van der Waals surface area contributed by atoms with Gasteiger partial charge in [0.2, 0.25) is 11.8 Å². The molecule has 190 valence electrons. The van der Waals surface area contributed by atoms with Gasteiger partial charge in [-0.15, -0.1) is 0 Å². The van der Waals surface area contributed by atoms with Crippen LogP contribution in [0.25, 0.3) is 10.9 Å². The number of alkyl carbamates (subject to hydrolysis) is 1. The largest absolute Gasteiger partial charge is 0.464 e. The van der Waals surface area contributed by atoms with E-state index >= 15 is 0 Å². The number of nitrogens with one attached hydrogen (secondary N) is 4. The van der Waals surface area contributed by atoms with Gasteiger partial charge in [-0.2, -0.15) is 0 Å². The van der Waals surface area contributed by atoms with Crippen molar-refractivity contribution in [1.29, 1.82) is 0 Å². The molecule has 0 unspecified atom stereocenters. The number of H-pyrrole nitrogens is 1. The van der Waals surface area contributed by atoms with Crippen LogP contribution >= 0.6 is 0 Å². The zero-order valence-electron chi connectivity index (χ0n) is 20.2. The maximum absolute atomic E-state index is 13.0. The summed E-state index contributed by atoms with van der Waals surface area (Å²) >= 11 is 0. The van der Waals surface area contributed by atoms with E-state index in [9.17, 15) is 19.2 Å². The number of hydrogen-bond acceptors (Lipinski definition) is 6. The molecule has 0 fully saturated rings. The van der Waals surface area contributed by atoms with Crippen LogP contribution in [-0.2, 0) is 36.9 Å². The Bertz CT molecular complexity index is 1190. The third-order valence-electron chi connectivity index (χ3n) is 5.36. The molecule has 10 nitrogen and oxygen atoms in total. The SMILES string of the molecule is CCOC(=O)[C@@H](C)NC(=O)CNC(=O)[C@@H](Cc1c[nH]c2ccccc12)NC(=O)OCc1ccccc1. The zero-order chi connectivity index (χ0) is 25.9. The molecule has 0 aliphatic heterocycles. The fraction of sp³-hybridized carbons (Fsp3) is 0.308. The van der Waals surface area contributed by atoms with E-state index in [0.29, 0.717) is 0 Å². The van der Waals surface area contributed by atoms with E-state index in [1.807, 2.05) is 54.6 Å². The Kier molecular flexibility index (Phi) is 9.44. The Morgan fingerprint density at radius 3 is 2.42 bits per heavy atom. The highest BCUT2D eigenvalue weighted by Crippen LogP contribution is 2.19. The quantitative estimate of drug-likeness (QED) is 0.302. The lowest BCUT2D eigenvalue weighted by molar-refractivity contribution is -0.146. The fourth-order valence-electron chi connectivity index (χ4n) is 3.55. The molecular weight excluding hydrogens is 464 g/mol. The highest BCUT2D eigenvalue weighted by Gasteiger charge is 2.24. The number of benzene rings is 2. The van der Waals surface area contributed by atoms with Crippen LogP contribution in [-0.4, -0.2) is 54.1 Å². The Hall–Kier alpha value is -4.34. The van der Waals surface area contributed by atoms with Gasteiger partial charge in [0.1, 0.15) is 18.7 Å². The predicted molar refractivity (Wildman–Crippen MR) is 133 cm³/mol. The minimum Gasteiger partial charge on any atom is -0.464 e. The molecule has 2 atom stereocenters. The second-order valence-electron chi connectivity index (χ2n) is 8.08. The molecule has 10 heteroatoms. The van der Waals surface area contributed by atoms with Gasteiger partial charge in [0.25, 0.3) is 0 Å². The first-order chi connectivity index (χ1) is 17.4. The van der Waals surface area contributed by atoms with E-state index in [4.69, 9.17) is 9.47 Å². The first-order valence-electron chi connectivity index (χ1n) is 11.6. The van der Waals surface area contributed by atoms with E-state index < -0.39 is 36.0 Å². The van der Waals surface area contributed by atoms with Crippen LogP contribution in [0, 0.1) is 0 Å². The molecule has 4 N–H and O–H groups in total. The summed E-state index contributed by atoms with van der Waals surface area (Å²) in [6.07, 6.45) is 1.17. The third kappa shape index (κ3) is 7.59. The van der Waals surface area contributed by atoms with E-state index in [-0.39, 0.29) is 26.2 Å². The lowest BCUT2D eigenvalue weighted by Gasteiger charge is -2.19. The number of aromatic amines is 1. The smallest absolute Gasteiger partial charge is 0.408 e. The van der Waals surface area contributed by atoms with Gasteiger partial charge in [-0.3, -0.25) is 9.59 Å². The summed E-state index contributed by atoms with van der Waals surface area (Å²) in [4.78, 5) is 52.5. The molecule has 2 aromatic carbocycles. The number of aromatic nitrogens is 1. The van der Waals surface area contributed by atoms with Crippen molar-refractivity contribution in [2.45, 2.75) is 39.0 Å². The maximum atomic E-state index is 13.0. The van der Waals surface area contributed by atoms with Crippen LogP contribution in [0.1, 0.15) is 25.0 Å². The summed E-state index contributed by atoms with van der Waals surface area (Å²) in [5, 5.41) is 8.49. The van der Waals surface area contributed by atoms with E-state index in [1.165, 1.54) is 6.92 Å². The molecule has 3 amide bonds. The number of carbonyl (C=O) groups excluding carboxylic acids is 4. The summed E-state index contributed by atoms with van der Waals surface area (Å²) in [5.41, 5.74) is 2.51. The Labute approximate surface area is 208 Å². The lowest BCUT2D eigenvalue weighted by atomic mass is 10.0. The van der Waals surface area contributed by atoms with Gasteiger partial charge < -0.3 is 30.4 Å². The molecule has 0 saturated carbocycles. The van der Waals surface area contributed by atoms with Gasteiger partial charge in [0.05, 0.1) is 13.2 Å². The van der Waals surface area contributed by atoms with E-state index in [0.717, 1.165) is 22.0 Å². The minimum atomic E-state index is -1.01. The van der Waals surface area contributed by atoms with Crippen molar-refractivity contribution < 1.29 is 28.7 Å². The van der Waals surface area contributed by atoms with Crippen molar-refractivity contribution in [3.8, 4) is 0 Å². The van der Waals surface area contributed by atoms with Crippen molar-refractivity contribution in [1.82, 2.24) is 20.9 Å². The van der Waals surface area contributed by atoms with Crippen molar-refractivity contribution >= 4 is 34.8 Å². The number of amides is 3. The fourth-order valence-corrected chi connectivity index (χ4v) is 3.55. The van der Waals surface area contributed by atoms with Gasteiger partial charge in [-0.1, -0.05) is 48.5 Å². The summed E-state index contributed by atoms with van der Waals surface area (Å²) in [5.74, 6) is -1.71. The van der Waals surface area contributed by atoms with Gasteiger partial charge in [-0.05, 0) is 31.0 Å². The average molecular weight is 495 g/mol. The molecule has 1 aromatic heterocycles. The van der Waals surface area contributed by atoms with Crippen molar-refractivity contribution in [3.63, 3.8) is 0 Å². The van der Waals surface area contributed by atoms with E-state index in [2.05, 4.69) is 20.9 Å². The summed E-state index contributed by atoms with van der Waals surface area (Å²) in [7, 11) is 0. The predicted octanol–water partition coefficient (Wildman–Crippen LogP) is 2.19. The molecule has 0 spiro atoms. The zero-order valence-corrected chi connectivity index (χ0v) is 20.2. The topological polar surface area (TPSA) is 139 Å². The van der Waals surface area contributed by atoms with Gasteiger partial charge >= 0.3 is 12.1 Å². The van der Waals surface area contributed by atoms with Crippen molar-refractivity contribution in [2.75, 3.05) is 13.2 Å². The molecule has 36 heavy (non-hydrogen) atoms. The second kappa shape index (κ2) is 12.9. The van der Waals surface area contributed by atoms with Crippen molar-refractivity contribution in [3.05, 3.63) is 71.9 Å². The lowest BCUT2D eigenvalue weighted by Crippen LogP contribution is -2.51. The molecule has 0 radical (unpaired) electrons. The molecule has 3 aromatic rings. The first-order valence-corrected chi connectivity index (χ1v) is 11.6. The standard InChI is InChI=1S/C26H30N4O6/c1-3-35-25(33)17(2)29-23(31)15-28-24(32)22(13-19-14-27-21-12-8-7-11-20(19)21)30-26(34)36-16-18-9-5-4-6-10-18/h4-12,14,17,22,27H,3,13,15-16H2,1-2H3,(H,28,32)(H,29,31)(H,30,34)/t17-,22-/m1/s1. The van der Waals surface area contributed by atoms with Crippen LogP contribution in [0.2, 0.25) is 0 Å². The molecule has 0 saturated heterocycles. The first kappa shape index (κ1) is 26.3. The van der Waals surface area contributed by atoms with Gasteiger partial charge in [0, 0.05) is 23.5 Å². The molecular formula is C26H30N4O6. The third-order valence-corrected chi connectivity index (χ3v) is 5.36. The highest BCUT2D eigenvalue weighted by atomic mass is 16.5. The molecule has 0 bridgehead atoms. The van der Waals surface area contributed by atoms with Crippen LogP contribution in [0.3, 0.4) is 0 Å². The number of hydrogen-bond donors (Lipinski definition) is 4. The average Bonchev–Trinajstić information content (AvgIpc) is 3.29. The monoisotopic (exact) mass is 494 g/mol. The molecule has 0 aliphatic rings. The Morgan fingerprint density at radius 1 is 0.944 bits per heavy atom. The van der Waals surface area contributed by atoms with Crippen LogP contribution < -0.4 is 16.0 Å². The van der Waals surface area contributed by atoms with E-state index in [1.54, 1.807) is 13.1 Å². The Morgan fingerprint density at radius 2 is 1.67 bits per heavy atom. The number of ether oxygens (including phenoxy) is 2. The summed E-state index contributed by atoms with van der Waals surface area (Å²) < 4.78 is 10.1. The minimum absolute atomic E-state index is 0.0439. The van der Waals surface area contributed by atoms with Crippen LogP contribution in [0.15, 0.2) is 60.8 Å². The van der Waals surface area contributed by atoms with Crippen LogP contribution in [0.4, 0.5) is 4.79 Å². The highest BCUT2D eigenvalue weighted by molar-refractivity contribution is 5.92. The van der Waals surface area contributed by atoms with Crippen LogP contribution in [0.5, 0.6) is 0 Å². The molecule has 0 aliphatic carbocycles. The second-order valence-corrected chi connectivity index (χ2v) is 8.08. The Balaban J connectivity index is 1.63.